The van der Waals surface area contributed by atoms with Gasteiger partial charge in [0.15, 0.2) is 0 Å². The lowest BCUT2D eigenvalue weighted by atomic mass is 9.84. The molecule has 0 spiro atoms. The van der Waals surface area contributed by atoms with E-state index < -0.39 is 52.3 Å². The van der Waals surface area contributed by atoms with Gasteiger partial charge in [0.2, 0.25) is 0 Å². The lowest BCUT2D eigenvalue weighted by molar-refractivity contribution is -0.281. The first kappa shape index (κ1) is 44.9. The number of rotatable bonds is 25. The first-order chi connectivity index (χ1) is 27.8. The van der Waals surface area contributed by atoms with E-state index in [2.05, 4.69) is 0 Å². The Labute approximate surface area is 333 Å². The fourth-order valence-electron chi connectivity index (χ4n) is 5.80. The molecular formula is C40H50O15P2. The van der Waals surface area contributed by atoms with Crippen LogP contribution in [-0.4, -0.2) is 83.4 Å². The first-order valence-corrected chi connectivity index (χ1v) is 21.0. The van der Waals surface area contributed by atoms with Crippen LogP contribution in [0.25, 0.3) is 0 Å². The van der Waals surface area contributed by atoms with Crippen LogP contribution >= 0.6 is 15.6 Å². The van der Waals surface area contributed by atoms with Crippen molar-refractivity contribution in [3.63, 3.8) is 0 Å². The molecule has 0 aromatic heterocycles. The number of hydrogen-bond donors (Lipinski definition) is 1. The number of ether oxygens (including phenoxy) is 6. The SMILES string of the molecule is COCO[C@@H]1[C@@H](OP(=O)(OCc2ccccc2)OCc2ccccc2)[C@H](OP(=O)(OCc2ccccc2)OCc2ccccc2)[C@@H](OCOC)[C@H](O)[C@@H]1OCOC. The van der Waals surface area contributed by atoms with Gasteiger partial charge in [-0.05, 0) is 22.3 Å². The second-order valence-corrected chi connectivity index (χ2v) is 15.9. The van der Waals surface area contributed by atoms with Crippen molar-refractivity contribution in [2.75, 3.05) is 41.7 Å². The van der Waals surface area contributed by atoms with E-state index in [1.54, 1.807) is 97.1 Å². The lowest BCUT2D eigenvalue weighted by Gasteiger charge is -2.48. The largest absolute Gasteiger partial charge is 0.475 e. The quantitative estimate of drug-likeness (QED) is 0.0527. The minimum Gasteiger partial charge on any atom is -0.387 e. The number of phosphoric ester groups is 2. The number of phosphoric acid groups is 2. The summed E-state index contributed by atoms with van der Waals surface area (Å²) in [5.41, 5.74) is 2.66. The average molecular weight is 833 g/mol. The van der Waals surface area contributed by atoms with Crippen molar-refractivity contribution in [1.29, 1.82) is 0 Å². The second-order valence-electron chi connectivity index (χ2n) is 12.7. The summed E-state index contributed by atoms with van der Waals surface area (Å²) in [5, 5.41) is 11.9. The monoisotopic (exact) mass is 832 g/mol. The van der Waals surface area contributed by atoms with Gasteiger partial charge in [-0.2, -0.15) is 0 Å². The predicted octanol–water partition coefficient (Wildman–Crippen LogP) is 7.18. The van der Waals surface area contributed by atoms with Crippen LogP contribution in [0.5, 0.6) is 0 Å². The summed E-state index contributed by atoms with van der Waals surface area (Å²) in [5.74, 6) is 0. The highest BCUT2D eigenvalue weighted by Gasteiger charge is 2.58. The Bertz CT molecular complexity index is 1700. The summed E-state index contributed by atoms with van der Waals surface area (Å²) in [7, 11) is -5.18. The van der Waals surface area contributed by atoms with Crippen LogP contribution in [0.4, 0.5) is 0 Å². The molecule has 6 atom stereocenters. The number of methoxy groups -OCH3 is 3. The van der Waals surface area contributed by atoms with Crippen molar-refractivity contribution in [3.05, 3.63) is 144 Å². The summed E-state index contributed by atoms with van der Waals surface area (Å²) in [6, 6.07) is 35.9. The third-order valence-corrected chi connectivity index (χ3v) is 11.3. The van der Waals surface area contributed by atoms with Crippen molar-refractivity contribution in [3.8, 4) is 0 Å². The molecule has 15 nitrogen and oxygen atoms in total. The standard InChI is InChI=1S/C40H50O15P2/c1-44-28-47-36-35(41)37(48-29-45-2)39(54-56(42,50-24-31-16-8-4-9-17-31)51-25-32-18-10-5-11-19-32)40(38(36)49-30-46-3)55-57(43,52-26-33-20-12-6-13-21-33)53-27-34-22-14-7-15-23-34/h4-23,35-41H,24-30H2,1-3H3/t35-,36+,37+,38+,39-,40-/m1/s1. The maximum Gasteiger partial charge on any atom is 0.475 e. The molecule has 5 rings (SSSR count). The zero-order valence-electron chi connectivity index (χ0n) is 32.0. The molecule has 1 aliphatic rings. The highest BCUT2D eigenvalue weighted by atomic mass is 31.2. The molecule has 4 aromatic rings. The first-order valence-electron chi connectivity index (χ1n) is 18.1. The maximum absolute atomic E-state index is 15.0. The van der Waals surface area contributed by atoms with Crippen LogP contribution in [0.2, 0.25) is 0 Å². The summed E-state index contributed by atoms with van der Waals surface area (Å²) >= 11 is 0. The highest BCUT2D eigenvalue weighted by Crippen LogP contribution is 2.58. The number of aliphatic hydroxyl groups excluding tert-OH is 1. The molecule has 0 aliphatic heterocycles. The van der Waals surface area contributed by atoms with Crippen LogP contribution in [0.15, 0.2) is 121 Å². The smallest absolute Gasteiger partial charge is 0.387 e. The predicted molar refractivity (Wildman–Crippen MR) is 206 cm³/mol. The molecular weight excluding hydrogens is 782 g/mol. The molecule has 1 fully saturated rings. The van der Waals surface area contributed by atoms with Gasteiger partial charge in [-0.1, -0.05) is 121 Å². The summed E-state index contributed by atoms with van der Waals surface area (Å²) in [6.45, 7) is -1.81. The van der Waals surface area contributed by atoms with E-state index in [-0.39, 0.29) is 46.8 Å². The van der Waals surface area contributed by atoms with Crippen LogP contribution in [0.1, 0.15) is 22.3 Å². The molecule has 0 radical (unpaired) electrons. The van der Waals surface area contributed by atoms with Crippen molar-refractivity contribution < 1.29 is 69.8 Å². The van der Waals surface area contributed by atoms with Gasteiger partial charge in [0.05, 0.1) is 26.4 Å². The fourth-order valence-corrected chi connectivity index (χ4v) is 8.50. The normalized spacial score (nSPS) is 21.4. The molecule has 0 heterocycles. The number of benzene rings is 4. The molecule has 4 aromatic carbocycles. The van der Waals surface area contributed by atoms with Gasteiger partial charge in [-0.3, -0.25) is 27.1 Å². The van der Waals surface area contributed by atoms with E-state index in [9.17, 15) is 14.2 Å². The number of hydrogen-bond acceptors (Lipinski definition) is 15. The Morgan fingerprint density at radius 1 is 0.421 bits per heavy atom. The van der Waals surface area contributed by atoms with Crippen LogP contribution < -0.4 is 0 Å². The van der Waals surface area contributed by atoms with E-state index in [0.717, 1.165) is 0 Å². The Morgan fingerprint density at radius 3 is 0.982 bits per heavy atom. The number of aliphatic hydroxyl groups is 1. The minimum atomic E-state index is -4.67. The van der Waals surface area contributed by atoms with E-state index in [1.807, 2.05) is 24.3 Å². The second kappa shape index (κ2) is 23.4. The third-order valence-electron chi connectivity index (χ3n) is 8.53. The summed E-state index contributed by atoms with van der Waals surface area (Å²) < 4.78 is 100. The zero-order chi connectivity index (χ0) is 40.4. The lowest BCUT2D eigenvalue weighted by Crippen LogP contribution is -2.66. The van der Waals surface area contributed by atoms with Crippen LogP contribution in [-0.2, 0) is 91.1 Å². The molecule has 1 N–H and O–H groups in total. The summed E-state index contributed by atoms with van der Waals surface area (Å²) in [6.07, 6.45) is -9.01. The highest BCUT2D eigenvalue weighted by molar-refractivity contribution is 7.48. The van der Waals surface area contributed by atoms with Crippen LogP contribution in [0, 0.1) is 0 Å². The molecule has 57 heavy (non-hydrogen) atoms. The Hall–Kier alpha value is -3.18. The van der Waals surface area contributed by atoms with Gasteiger partial charge in [0.25, 0.3) is 0 Å². The van der Waals surface area contributed by atoms with E-state index >= 15 is 0 Å². The van der Waals surface area contributed by atoms with Gasteiger partial charge in [-0.15, -0.1) is 0 Å². The van der Waals surface area contributed by atoms with Gasteiger partial charge >= 0.3 is 15.6 Å². The van der Waals surface area contributed by atoms with Gasteiger partial charge < -0.3 is 33.5 Å². The zero-order valence-corrected chi connectivity index (χ0v) is 33.8. The minimum absolute atomic E-state index is 0.191. The Balaban J connectivity index is 1.58. The molecule has 0 unspecified atom stereocenters. The molecule has 0 bridgehead atoms. The fraction of sp³-hybridized carbons (Fsp3) is 0.400. The third kappa shape index (κ3) is 14.0. The molecule has 0 amide bonds. The molecule has 1 saturated carbocycles. The Kier molecular flexibility index (Phi) is 18.5. The van der Waals surface area contributed by atoms with Gasteiger partial charge in [-0.25, -0.2) is 9.13 Å². The van der Waals surface area contributed by atoms with Crippen LogP contribution in [0.3, 0.4) is 0 Å². The topological polar surface area (TPSA) is 165 Å². The molecule has 310 valence electrons. The maximum atomic E-state index is 15.0. The van der Waals surface area contributed by atoms with Crippen molar-refractivity contribution in [2.45, 2.75) is 63.1 Å². The van der Waals surface area contributed by atoms with Crippen molar-refractivity contribution >= 4 is 15.6 Å². The van der Waals surface area contributed by atoms with E-state index in [0.29, 0.717) is 22.3 Å². The molecule has 17 heteroatoms. The van der Waals surface area contributed by atoms with Crippen molar-refractivity contribution in [1.82, 2.24) is 0 Å². The van der Waals surface area contributed by atoms with Gasteiger partial charge in [0.1, 0.15) is 57.0 Å². The van der Waals surface area contributed by atoms with E-state index in [4.69, 9.17) is 55.6 Å². The Morgan fingerprint density at radius 2 is 0.684 bits per heavy atom. The average Bonchev–Trinajstić information content (AvgIpc) is 3.25. The molecule has 1 aliphatic carbocycles. The van der Waals surface area contributed by atoms with Crippen molar-refractivity contribution in [2.24, 2.45) is 0 Å². The van der Waals surface area contributed by atoms with E-state index in [1.165, 1.54) is 21.3 Å². The summed E-state index contributed by atoms with van der Waals surface area (Å²) in [4.78, 5) is 0. The van der Waals surface area contributed by atoms with Gasteiger partial charge in [0, 0.05) is 21.3 Å². The molecule has 0 saturated heterocycles.